The van der Waals surface area contributed by atoms with E-state index in [1.807, 2.05) is 27.7 Å². The lowest BCUT2D eigenvalue weighted by Crippen LogP contribution is -2.45. The maximum Gasteiger partial charge on any atom is 0.243 e. The van der Waals surface area contributed by atoms with E-state index >= 15 is 0 Å². The second kappa shape index (κ2) is 6.02. The summed E-state index contributed by atoms with van der Waals surface area (Å²) in [4.78, 5) is 4.56. The van der Waals surface area contributed by atoms with Crippen LogP contribution in [0.2, 0.25) is 0 Å². The summed E-state index contributed by atoms with van der Waals surface area (Å²) >= 11 is 0. The van der Waals surface area contributed by atoms with Crippen molar-refractivity contribution in [3.63, 3.8) is 0 Å². The van der Waals surface area contributed by atoms with Crippen LogP contribution in [0.3, 0.4) is 0 Å². The molecule has 118 valence electrons. The average molecular weight is 312 g/mol. The van der Waals surface area contributed by atoms with E-state index in [0.717, 1.165) is 24.2 Å². The van der Waals surface area contributed by atoms with Gasteiger partial charge < -0.3 is 4.74 Å². The Morgan fingerprint density at radius 1 is 1.14 bits per heavy atom. The van der Waals surface area contributed by atoms with Crippen LogP contribution in [-0.4, -0.2) is 43.0 Å². The van der Waals surface area contributed by atoms with Crippen molar-refractivity contribution in [3.05, 3.63) is 23.5 Å². The molecule has 1 saturated heterocycles. The van der Waals surface area contributed by atoms with Crippen LogP contribution in [0.5, 0.6) is 0 Å². The van der Waals surface area contributed by atoms with Gasteiger partial charge in [0, 0.05) is 24.5 Å². The molecule has 2 unspecified atom stereocenters. The molecule has 1 aromatic rings. The first kappa shape index (κ1) is 16.4. The molecular weight excluding hydrogens is 288 g/mol. The van der Waals surface area contributed by atoms with E-state index in [2.05, 4.69) is 4.98 Å². The molecule has 6 heteroatoms. The second-order valence-electron chi connectivity index (χ2n) is 5.99. The van der Waals surface area contributed by atoms with Crippen LogP contribution in [0.4, 0.5) is 0 Å². The molecule has 0 N–H and O–H groups in total. The zero-order chi connectivity index (χ0) is 15.8. The predicted octanol–water partition coefficient (Wildman–Crippen LogP) is 2.27. The molecule has 1 aliphatic rings. The Morgan fingerprint density at radius 2 is 1.62 bits per heavy atom. The van der Waals surface area contributed by atoms with Gasteiger partial charge in [0.15, 0.2) is 0 Å². The first-order chi connectivity index (χ1) is 9.70. The van der Waals surface area contributed by atoms with E-state index in [1.165, 1.54) is 4.31 Å². The fourth-order valence-electron chi connectivity index (χ4n) is 2.97. The normalized spacial score (nSPS) is 27.0. The molecule has 0 bridgehead atoms. The maximum atomic E-state index is 12.8. The Labute approximate surface area is 127 Å². The van der Waals surface area contributed by atoms with Gasteiger partial charge in [-0.1, -0.05) is 0 Å². The zero-order valence-corrected chi connectivity index (χ0v) is 14.1. The summed E-state index contributed by atoms with van der Waals surface area (Å²) in [5.74, 6) is 0. The van der Waals surface area contributed by atoms with Crippen molar-refractivity contribution >= 4 is 10.0 Å². The molecule has 1 aliphatic heterocycles. The zero-order valence-electron chi connectivity index (χ0n) is 13.3. The number of nitrogens with zero attached hydrogens (tertiary/aromatic N) is 2. The topological polar surface area (TPSA) is 59.5 Å². The molecule has 1 aromatic heterocycles. The van der Waals surface area contributed by atoms with Crippen LogP contribution in [0.15, 0.2) is 17.0 Å². The molecule has 0 amide bonds. The van der Waals surface area contributed by atoms with E-state index in [9.17, 15) is 8.42 Å². The Bertz CT molecular complexity index is 585. The number of ether oxygens (including phenoxy) is 1. The largest absolute Gasteiger partial charge is 0.375 e. The van der Waals surface area contributed by atoms with Crippen molar-refractivity contribution in [2.24, 2.45) is 0 Å². The van der Waals surface area contributed by atoms with Gasteiger partial charge in [-0.3, -0.25) is 4.98 Å². The highest BCUT2D eigenvalue weighted by Crippen LogP contribution is 2.27. The number of pyridine rings is 1. The molecule has 0 radical (unpaired) electrons. The van der Waals surface area contributed by atoms with Crippen LogP contribution in [0, 0.1) is 13.8 Å². The highest BCUT2D eigenvalue weighted by atomic mass is 32.2. The van der Waals surface area contributed by atoms with E-state index in [-0.39, 0.29) is 18.2 Å². The average Bonchev–Trinajstić information content (AvgIpc) is 2.35. The van der Waals surface area contributed by atoms with Crippen LogP contribution in [0.1, 0.15) is 38.1 Å². The first-order valence-electron chi connectivity index (χ1n) is 7.29. The molecule has 0 aromatic carbocycles. The molecule has 2 heterocycles. The summed E-state index contributed by atoms with van der Waals surface area (Å²) in [7, 11) is -1.83. The van der Waals surface area contributed by atoms with Crippen molar-refractivity contribution in [1.29, 1.82) is 0 Å². The fraction of sp³-hybridized carbons (Fsp3) is 0.667. The summed E-state index contributed by atoms with van der Waals surface area (Å²) in [5, 5.41) is 0. The van der Waals surface area contributed by atoms with Crippen LogP contribution in [-0.2, 0) is 14.8 Å². The van der Waals surface area contributed by atoms with Crippen LogP contribution in [0.25, 0.3) is 0 Å². The Morgan fingerprint density at radius 3 is 2.10 bits per heavy atom. The minimum atomic E-state index is -3.49. The number of hydrogen-bond acceptors (Lipinski definition) is 4. The monoisotopic (exact) mass is 312 g/mol. The Kier molecular flexibility index (Phi) is 4.70. The van der Waals surface area contributed by atoms with E-state index in [4.69, 9.17) is 4.74 Å². The van der Waals surface area contributed by atoms with Gasteiger partial charge >= 0.3 is 0 Å². The standard InChI is InChI=1S/C15H24N2O3S/c1-10-6-15(7-11(2)16-10)21(18,19)17(5)14-8-12(3)20-13(4)9-14/h6-7,12-14H,8-9H2,1-5H3. The first-order valence-corrected chi connectivity index (χ1v) is 8.73. The van der Waals surface area contributed by atoms with Crippen molar-refractivity contribution in [2.75, 3.05) is 7.05 Å². The van der Waals surface area contributed by atoms with Gasteiger partial charge in [-0.25, -0.2) is 8.42 Å². The lowest BCUT2D eigenvalue weighted by atomic mass is 10.0. The van der Waals surface area contributed by atoms with Gasteiger partial charge in [0.1, 0.15) is 0 Å². The van der Waals surface area contributed by atoms with Gasteiger partial charge in [0.2, 0.25) is 10.0 Å². The summed E-state index contributed by atoms with van der Waals surface area (Å²) in [5.41, 5.74) is 1.44. The molecule has 0 spiro atoms. The molecule has 5 nitrogen and oxygen atoms in total. The van der Waals surface area contributed by atoms with Crippen molar-refractivity contribution < 1.29 is 13.2 Å². The van der Waals surface area contributed by atoms with Crippen molar-refractivity contribution in [1.82, 2.24) is 9.29 Å². The van der Waals surface area contributed by atoms with Crippen molar-refractivity contribution in [3.8, 4) is 0 Å². The number of aryl methyl sites for hydroxylation is 2. The molecule has 21 heavy (non-hydrogen) atoms. The number of rotatable bonds is 3. The molecule has 0 aliphatic carbocycles. The maximum absolute atomic E-state index is 12.8. The summed E-state index contributed by atoms with van der Waals surface area (Å²) in [6.45, 7) is 7.60. The van der Waals surface area contributed by atoms with Gasteiger partial charge in [0.25, 0.3) is 0 Å². The third kappa shape index (κ3) is 3.62. The minimum absolute atomic E-state index is 0.0254. The van der Waals surface area contributed by atoms with E-state index in [1.54, 1.807) is 19.2 Å². The highest BCUT2D eigenvalue weighted by molar-refractivity contribution is 7.89. The lowest BCUT2D eigenvalue weighted by Gasteiger charge is -2.36. The number of hydrogen-bond donors (Lipinski definition) is 0. The lowest BCUT2D eigenvalue weighted by molar-refractivity contribution is -0.0509. The summed E-state index contributed by atoms with van der Waals surface area (Å²) < 4.78 is 32.8. The summed E-state index contributed by atoms with van der Waals surface area (Å²) in [6, 6.07) is 3.23. The Hall–Kier alpha value is -0.980. The molecule has 1 fully saturated rings. The predicted molar refractivity (Wildman–Crippen MR) is 81.7 cm³/mol. The van der Waals surface area contributed by atoms with Gasteiger partial charge in [-0.15, -0.1) is 0 Å². The smallest absolute Gasteiger partial charge is 0.243 e. The number of sulfonamides is 1. The molecule has 2 rings (SSSR count). The quantitative estimate of drug-likeness (QED) is 0.859. The molecule has 2 atom stereocenters. The van der Waals surface area contributed by atoms with E-state index < -0.39 is 10.0 Å². The van der Waals surface area contributed by atoms with Gasteiger partial charge in [-0.05, 0) is 52.7 Å². The fourth-order valence-corrected chi connectivity index (χ4v) is 4.51. The van der Waals surface area contributed by atoms with Gasteiger partial charge in [0.05, 0.1) is 17.1 Å². The summed E-state index contributed by atoms with van der Waals surface area (Å²) in [6.07, 6.45) is 1.61. The SMILES string of the molecule is Cc1cc(S(=O)(=O)N(C)C2CC(C)OC(C)C2)cc(C)n1. The Balaban J connectivity index is 2.30. The van der Waals surface area contributed by atoms with Crippen LogP contribution < -0.4 is 0 Å². The van der Waals surface area contributed by atoms with Gasteiger partial charge in [-0.2, -0.15) is 4.31 Å². The second-order valence-corrected chi connectivity index (χ2v) is 7.99. The molecule has 0 saturated carbocycles. The third-order valence-corrected chi connectivity index (χ3v) is 5.81. The minimum Gasteiger partial charge on any atom is -0.375 e. The van der Waals surface area contributed by atoms with Crippen molar-refractivity contribution in [2.45, 2.75) is 63.7 Å². The molecular formula is C15H24N2O3S. The van der Waals surface area contributed by atoms with E-state index in [0.29, 0.717) is 4.90 Å². The number of aromatic nitrogens is 1. The van der Waals surface area contributed by atoms with Crippen LogP contribution >= 0.6 is 0 Å². The highest BCUT2D eigenvalue weighted by Gasteiger charge is 2.34. The third-order valence-electron chi connectivity index (χ3n) is 3.92.